The first-order valence-electron chi connectivity index (χ1n) is 8.99. The first-order chi connectivity index (χ1) is 13.0. The van der Waals surface area contributed by atoms with Crippen molar-refractivity contribution in [2.45, 2.75) is 32.7 Å². The Morgan fingerprint density at radius 3 is 2.44 bits per heavy atom. The molecule has 0 radical (unpaired) electrons. The van der Waals surface area contributed by atoms with Crippen molar-refractivity contribution in [2.75, 3.05) is 6.61 Å². The number of halogens is 1. The number of hydrogen-bond donors (Lipinski definition) is 1. The van der Waals surface area contributed by atoms with Crippen LogP contribution in [0.5, 0.6) is 0 Å². The number of carbonyl (C=O) groups excluding carboxylic acids is 2. The fourth-order valence-corrected chi connectivity index (χ4v) is 2.77. The molecular weight excluding hydrogens is 362 g/mol. The Balaban J connectivity index is 2.09. The van der Waals surface area contributed by atoms with Crippen molar-refractivity contribution in [3.63, 3.8) is 0 Å². The minimum absolute atomic E-state index is 0.0588. The van der Waals surface area contributed by atoms with Gasteiger partial charge < -0.3 is 10.1 Å². The molecule has 2 aromatic carbocycles. The van der Waals surface area contributed by atoms with E-state index in [1.807, 2.05) is 25.1 Å². The highest BCUT2D eigenvalue weighted by molar-refractivity contribution is 6.36. The predicted molar refractivity (Wildman–Crippen MR) is 108 cm³/mol. The van der Waals surface area contributed by atoms with Gasteiger partial charge in [-0.25, -0.2) is 4.79 Å². The molecule has 0 amide bonds. The molecule has 0 heterocycles. The van der Waals surface area contributed by atoms with Crippen LogP contribution in [-0.2, 0) is 16.0 Å². The second kappa shape index (κ2) is 10.5. The zero-order valence-corrected chi connectivity index (χ0v) is 16.3. The highest BCUT2D eigenvalue weighted by atomic mass is 35.5. The number of Topliss-reactive ketones (excluding diaryl/α,β-unsaturated/α-hetero) is 1. The second-order valence-electron chi connectivity index (χ2n) is 6.18. The Bertz CT molecular complexity index is 802. The van der Waals surface area contributed by atoms with Crippen LogP contribution in [0.2, 0.25) is 5.02 Å². The number of nitrogens with one attached hydrogen (secondary N) is 1. The van der Waals surface area contributed by atoms with E-state index in [4.69, 9.17) is 16.3 Å². The van der Waals surface area contributed by atoms with Crippen LogP contribution in [0.15, 0.2) is 66.4 Å². The molecule has 0 aliphatic carbocycles. The van der Waals surface area contributed by atoms with E-state index in [0.29, 0.717) is 5.02 Å². The maximum absolute atomic E-state index is 12.8. The molecule has 2 rings (SSSR count). The van der Waals surface area contributed by atoms with Crippen LogP contribution in [-0.4, -0.2) is 24.4 Å². The molecule has 0 saturated heterocycles. The van der Waals surface area contributed by atoms with Gasteiger partial charge in [0.1, 0.15) is 5.57 Å². The van der Waals surface area contributed by atoms with E-state index in [-0.39, 0.29) is 23.8 Å². The SMILES string of the molecule is CCOC(=O)/C(=C\NC(C)CCc1ccccc1)C(=O)c1ccccc1Cl. The molecule has 0 aromatic heterocycles. The summed E-state index contributed by atoms with van der Waals surface area (Å²) < 4.78 is 5.04. The third kappa shape index (κ3) is 6.26. The summed E-state index contributed by atoms with van der Waals surface area (Å²) in [6.45, 7) is 3.89. The molecule has 0 saturated carbocycles. The van der Waals surface area contributed by atoms with Crippen LogP contribution in [0.1, 0.15) is 36.2 Å². The number of aryl methyl sites for hydroxylation is 1. The van der Waals surface area contributed by atoms with E-state index >= 15 is 0 Å². The fourth-order valence-electron chi connectivity index (χ4n) is 2.55. The van der Waals surface area contributed by atoms with E-state index in [1.54, 1.807) is 31.2 Å². The van der Waals surface area contributed by atoms with Crippen LogP contribution < -0.4 is 5.32 Å². The number of ether oxygens (including phenoxy) is 1. The number of ketones is 1. The van der Waals surface area contributed by atoms with Crippen molar-refractivity contribution in [1.29, 1.82) is 0 Å². The second-order valence-corrected chi connectivity index (χ2v) is 6.59. The number of benzene rings is 2. The van der Waals surface area contributed by atoms with Crippen molar-refractivity contribution in [2.24, 2.45) is 0 Å². The van der Waals surface area contributed by atoms with Gasteiger partial charge in [-0.1, -0.05) is 54.1 Å². The molecule has 0 aliphatic rings. The van der Waals surface area contributed by atoms with E-state index in [9.17, 15) is 9.59 Å². The minimum atomic E-state index is -0.662. The Kier molecular flexibility index (Phi) is 8.08. The first-order valence-corrected chi connectivity index (χ1v) is 9.37. The van der Waals surface area contributed by atoms with Crippen molar-refractivity contribution in [3.05, 3.63) is 82.5 Å². The van der Waals surface area contributed by atoms with Crippen LogP contribution >= 0.6 is 11.6 Å². The zero-order valence-electron chi connectivity index (χ0n) is 15.6. The lowest BCUT2D eigenvalue weighted by Crippen LogP contribution is -2.25. The van der Waals surface area contributed by atoms with Gasteiger partial charge in [0, 0.05) is 17.8 Å². The number of rotatable bonds is 9. The molecule has 0 aliphatic heterocycles. The summed E-state index contributed by atoms with van der Waals surface area (Å²) in [5.74, 6) is -1.12. The maximum atomic E-state index is 12.8. The van der Waals surface area contributed by atoms with Gasteiger partial charge >= 0.3 is 5.97 Å². The summed E-state index contributed by atoms with van der Waals surface area (Å²) in [7, 11) is 0. The Labute approximate surface area is 165 Å². The van der Waals surface area contributed by atoms with Crippen molar-refractivity contribution < 1.29 is 14.3 Å². The lowest BCUT2D eigenvalue weighted by Gasteiger charge is -2.14. The van der Waals surface area contributed by atoms with Gasteiger partial charge in [-0.2, -0.15) is 0 Å². The fraction of sp³-hybridized carbons (Fsp3) is 0.273. The largest absolute Gasteiger partial charge is 0.462 e. The van der Waals surface area contributed by atoms with Gasteiger partial charge in [0.05, 0.1) is 11.6 Å². The quantitative estimate of drug-likeness (QED) is 0.226. The highest BCUT2D eigenvalue weighted by Gasteiger charge is 2.23. The molecule has 5 heteroatoms. The molecule has 1 unspecified atom stereocenters. The molecule has 1 atom stereocenters. The Hall–Kier alpha value is -2.59. The molecule has 142 valence electrons. The normalized spacial score (nSPS) is 12.3. The van der Waals surface area contributed by atoms with Crippen molar-refractivity contribution in [3.8, 4) is 0 Å². The van der Waals surface area contributed by atoms with Gasteiger partial charge in [0.2, 0.25) is 5.78 Å². The van der Waals surface area contributed by atoms with Crippen LogP contribution in [0.4, 0.5) is 0 Å². The molecule has 4 nitrogen and oxygen atoms in total. The summed E-state index contributed by atoms with van der Waals surface area (Å²) in [6, 6.07) is 16.9. The summed E-state index contributed by atoms with van der Waals surface area (Å²) >= 11 is 6.10. The molecule has 27 heavy (non-hydrogen) atoms. The molecular formula is C22H24ClNO3. The number of hydrogen-bond acceptors (Lipinski definition) is 4. The predicted octanol–water partition coefficient (Wildman–Crippen LogP) is 4.58. The van der Waals surface area contributed by atoms with E-state index in [1.165, 1.54) is 11.8 Å². The molecule has 0 bridgehead atoms. The standard InChI is InChI=1S/C22H24ClNO3/c1-3-27-22(26)19(21(25)18-11-7-8-12-20(18)23)15-24-16(2)13-14-17-9-5-4-6-10-17/h4-12,15-16,24H,3,13-14H2,1-2H3/b19-15-. The Morgan fingerprint density at radius 2 is 1.78 bits per heavy atom. The zero-order chi connectivity index (χ0) is 19.6. The van der Waals surface area contributed by atoms with Crippen LogP contribution in [0, 0.1) is 0 Å². The minimum Gasteiger partial charge on any atom is -0.462 e. The number of esters is 1. The van der Waals surface area contributed by atoms with Crippen LogP contribution in [0.25, 0.3) is 0 Å². The molecule has 0 spiro atoms. The highest BCUT2D eigenvalue weighted by Crippen LogP contribution is 2.19. The summed E-state index contributed by atoms with van der Waals surface area (Å²) in [6.07, 6.45) is 3.20. The lowest BCUT2D eigenvalue weighted by molar-refractivity contribution is -0.138. The average Bonchev–Trinajstić information content (AvgIpc) is 2.67. The maximum Gasteiger partial charge on any atom is 0.343 e. The third-order valence-electron chi connectivity index (χ3n) is 4.08. The van der Waals surface area contributed by atoms with Crippen molar-refractivity contribution >= 4 is 23.4 Å². The Morgan fingerprint density at radius 1 is 1.11 bits per heavy atom. The summed E-state index contributed by atoms with van der Waals surface area (Å²) in [4.78, 5) is 25.0. The van der Waals surface area contributed by atoms with E-state index in [2.05, 4.69) is 17.4 Å². The molecule has 0 fully saturated rings. The first kappa shape index (κ1) is 20.7. The number of carbonyl (C=O) groups is 2. The molecule has 1 N–H and O–H groups in total. The van der Waals surface area contributed by atoms with Gasteiger partial charge in [0.15, 0.2) is 0 Å². The van der Waals surface area contributed by atoms with Crippen molar-refractivity contribution in [1.82, 2.24) is 5.32 Å². The monoisotopic (exact) mass is 385 g/mol. The lowest BCUT2D eigenvalue weighted by atomic mass is 10.0. The van der Waals surface area contributed by atoms with Gasteiger partial charge in [-0.3, -0.25) is 4.79 Å². The smallest absolute Gasteiger partial charge is 0.343 e. The van der Waals surface area contributed by atoms with Gasteiger partial charge in [-0.15, -0.1) is 0 Å². The van der Waals surface area contributed by atoms with Gasteiger partial charge in [-0.05, 0) is 44.4 Å². The van der Waals surface area contributed by atoms with E-state index < -0.39 is 11.8 Å². The third-order valence-corrected chi connectivity index (χ3v) is 4.41. The summed E-state index contributed by atoms with van der Waals surface area (Å²) in [5.41, 5.74) is 1.46. The van der Waals surface area contributed by atoms with E-state index in [0.717, 1.165) is 12.8 Å². The molecule has 2 aromatic rings. The van der Waals surface area contributed by atoms with Gasteiger partial charge in [0.25, 0.3) is 0 Å². The summed E-state index contributed by atoms with van der Waals surface area (Å²) in [5, 5.41) is 3.44. The topological polar surface area (TPSA) is 55.4 Å². The average molecular weight is 386 g/mol. The van der Waals surface area contributed by atoms with Crippen LogP contribution in [0.3, 0.4) is 0 Å².